The molecule has 4 N–H and O–H groups in total. The minimum atomic E-state index is 0.109. The topological polar surface area (TPSA) is 87.3 Å². The molecule has 1 aromatic heterocycles. The van der Waals surface area contributed by atoms with E-state index in [9.17, 15) is 5.11 Å². The molecule has 1 aliphatic rings. The molecule has 6 nitrogen and oxygen atoms in total. The summed E-state index contributed by atoms with van der Waals surface area (Å²) in [5.74, 6) is 6.76. The summed E-state index contributed by atoms with van der Waals surface area (Å²) in [5.41, 5.74) is 2.54. The number of aromatic nitrogens is 2. The van der Waals surface area contributed by atoms with Gasteiger partial charge in [-0.1, -0.05) is 12.8 Å². The molecular formula is C11H18BrN5O. The Balaban J connectivity index is 2.29. The van der Waals surface area contributed by atoms with E-state index in [1.54, 1.807) is 0 Å². The van der Waals surface area contributed by atoms with Crippen LogP contribution in [-0.2, 0) is 0 Å². The maximum Gasteiger partial charge on any atom is 0.159 e. The van der Waals surface area contributed by atoms with Gasteiger partial charge in [0, 0.05) is 12.6 Å². The van der Waals surface area contributed by atoms with E-state index < -0.39 is 0 Å². The zero-order chi connectivity index (χ0) is 13.0. The fourth-order valence-corrected chi connectivity index (χ4v) is 2.99. The summed E-state index contributed by atoms with van der Waals surface area (Å²) < 4.78 is 0.743. The lowest BCUT2D eigenvalue weighted by Crippen LogP contribution is -2.36. The number of rotatable bonds is 5. The summed E-state index contributed by atoms with van der Waals surface area (Å²) in [5, 5.41) is 9.24. The number of hydrazine groups is 1. The lowest BCUT2D eigenvalue weighted by atomic mass is 10.2. The minimum absolute atomic E-state index is 0.109. The van der Waals surface area contributed by atoms with Crippen LogP contribution in [0.4, 0.5) is 11.6 Å². The van der Waals surface area contributed by atoms with Gasteiger partial charge in [0.25, 0.3) is 0 Å². The van der Waals surface area contributed by atoms with Crippen LogP contribution >= 0.6 is 15.9 Å². The Morgan fingerprint density at radius 3 is 2.78 bits per heavy atom. The number of hydrogen-bond donors (Lipinski definition) is 3. The molecule has 100 valence electrons. The molecule has 1 saturated carbocycles. The maximum absolute atomic E-state index is 9.24. The zero-order valence-corrected chi connectivity index (χ0v) is 11.7. The Bertz CT molecular complexity index is 397. The number of nitrogen functional groups attached to an aromatic ring is 1. The molecule has 0 saturated heterocycles. The highest BCUT2D eigenvalue weighted by molar-refractivity contribution is 9.10. The van der Waals surface area contributed by atoms with Crippen molar-refractivity contribution < 1.29 is 5.11 Å². The second-order valence-electron chi connectivity index (χ2n) is 4.36. The standard InChI is InChI=1S/C11H18BrN5O/c12-9-10(16-13)14-7-15-11(9)17(5-6-18)8-3-1-2-4-8/h7-8,18H,1-6,13H2,(H,14,15,16). The van der Waals surface area contributed by atoms with Crippen LogP contribution in [0.1, 0.15) is 25.7 Å². The molecule has 18 heavy (non-hydrogen) atoms. The first-order chi connectivity index (χ1) is 8.77. The number of anilines is 2. The molecule has 0 aliphatic heterocycles. The van der Waals surface area contributed by atoms with E-state index in [0.29, 0.717) is 18.4 Å². The van der Waals surface area contributed by atoms with E-state index in [0.717, 1.165) is 23.1 Å². The Hall–Kier alpha value is -0.920. The lowest BCUT2D eigenvalue weighted by molar-refractivity contribution is 0.296. The minimum Gasteiger partial charge on any atom is -0.395 e. The third-order valence-electron chi connectivity index (χ3n) is 3.29. The summed E-state index contributed by atoms with van der Waals surface area (Å²) >= 11 is 3.47. The summed E-state index contributed by atoms with van der Waals surface area (Å²) in [7, 11) is 0. The summed E-state index contributed by atoms with van der Waals surface area (Å²) in [6.07, 6.45) is 6.23. The van der Waals surface area contributed by atoms with E-state index in [4.69, 9.17) is 5.84 Å². The number of nitrogens with one attached hydrogen (secondary N) is 1. The van der Waals surface area contributed by atoms with Crippen molar-refractivity contribution in [1.29, 1.82) is 0 Å². The average Bonchev–Trinajstić information content (AvgIpc) is 2.90. The summed E-state index contributed by atoms with van der Waals surface area (Å²) in [6, 6.07) is 0.439. The number of hydrogen-bond acceptors (Lipinski definition) is 6. The van der Waals surface area contributed by atoms with Gasteiger partial charge in [0.1, 0.15) is 16.6 Å². The highest BCUT2D eigenvalue weighted by atomic mass is 79.9. The van der Waals surface area contributed by atoms with Gasteiger partial charge < -0.3 is 15.4 Å². The molecule has 0 aromatic carbocycles. The van der Waals surface area contributed by atoms with Gasteiger partial charge in [-0.2, -0.15) is 0 Å². The van der Waals surface area contributed by atoms with Gasteiger partial charge in [-0.15, -0.1) is 0 Å². The molecule has 0 unspecified atom stereocenters. The van der Waals surface area contributed by atoms with E-state index in [1.807, 2.05) is 0 Å². The molecule has 7 heteroatoms. The van der Waals surface area contributed by atoms with Crippen molar-refractivity contribution in [3.05, 3.63) is 10.8 Å². The number of halogens is 1. The predicted octanol–water partition coefficient (Wildman–Crippen LogP) is 1.27. The number of nitrogens with zero attached hydrogens (tertiary/aromatic N) is 3. The normalized spacial score (nSPS) is 15.9. The molecule has 0 radical (unpaired) electrons. The highest BCUT2D eigenvalue weighted by Crippen LogP contribution is 2.33. The molecule has 1 aromatic rings. The van der Waals surface area contributed by atoms with Gasteiger partial charge in [0.05, 0.1) is 6.61 Å². The largest absolute Gasteiger partial charge is 0.395 e. The van der Waals surface area contributed by atoms with Crippen molar-refractivity contribution in [2.24, 2.45) is 5.84 Å². The third-order valence-corrected chi connectivity index (χ3v) is 4.02. The second-order valence-corrected chi connectivity index (χ2v) is 5.15. The van der Waals surface area contributed by atoms with Crippen molar-refractivity contribution >= 4 is 27.6 Å². The molecular weight excluding hydrogens is 298 g/mol. The molecule has 0 amide bonds. The first kappa shape index (κ1) is 13.5. The molecule has 2 rings (SSSR count). The SMILES string of the molecule is NNc1ncnc(N(CCO)C2CCCC2)c1Br. The van der Waals surface area contributed by atoms with Gasteiger partial charge in [0.2, 0.25) is 0 Å². The van der Waals surface area contributed by atoms with Gasteiger partial charge in [-0.3, -0.25) is 0 Å². The monoisotopic (exact) mass is 315 g/mol. The van der Waals surface area contributed by atoms with E-state index in [2.05, 4.69) is 36.2 Å². The fourth-order valence-electron chi connectivity index (χ4n) is 2.45. The Morgan fingerprint density at radius 2 is 2.17 bits per heavy atom. The number of nitrogens with two attached hydrogens (primary N) is 1. The molecule has 0 bridgehead atoms. The van der Waals surface area contributed by atoms with Crippen LogP contribution < -0.4 is 16.2 Å². The van der Waals surface area contributed by atoms with Crippen LogP contribution in [0.2, 0.25) is 0 Å². The zero-order valence-electron chi connectivity index (χ0n) is 10.1. The Morgan fingerprint density at radius 1 is 1.44 bits per heavy atom. The lowest BCUT2D eigenvalue weighted by Gasteiger charge is -2.30. The highest BCUT2D eigenvalue weighted by Gasteiger charge is 2.25. The number of aliphatic hydroxyl groups is 1. The quantitative estimate of drug-likeness (QED) is 0.560. The first-order valence-corrected chi connectivity index (χ1v) is 6.92. The maximum atomic E-state index is 9.24. The first-order valence-electron chi connectivity index (χ1n) is 6.12. The van der Waals surface area contributed by atoms with Crippen LogP contribution in [0.3, 0.4) is 0 Å². The fraction of sp³-hybridized carbons (Fsp3) is 0.636. The summed E-state index contributed by atoms with van der Waals surface area (Å²) in [6.45, 7) is 0.683. The van der Waals surface area contributed by atoms with Crippen molar-refractivity contribution in [3.8, 4) is 0 Å². The third kappa shape index (κ3) is 2.73. The Kier molecular flexibility index (Phi) is 4.73. The molecule has 0 atom stereocenters. The van der Waals surface area contributed by atoms with Crippen LogP contribution in [0, 0.1) is 0 Å². The van der Waals surface area contributed by atoms with Crippen LogP contribution in [-0.4, -0.2) is 34.3 Å². The predicted molar refractivity (Wildman–Crippen MR) is 74.2 cm³/mol. The van der Waals surface area contributed by atoms with Crippen molar-refractivity contribution in [3.63, 3.8) is 0 Å². The van der Waals surface area contributed by atoms with Crippen molar-refractivity contribution in [2.75, 3.05) is 23.5 Å². The van der Waals surface area contributed by atoms with Crippen molar-refractivity contribution in [2.45, 2.75) is 31.7 Å². The van der Waals surface area contributed by atoms with Gasteiger partial charge in [-0.05, 0) is 28.8 Å². The van der Waals surface area contributed by atoms with Gasteiger partial charge in [-0.25, -0.2) is 15.8 Å². The van der Waals surface area contributed by atoms with Gasteiger partial charge in [0.15, 0.2) is 5.82 Å². The summed E-state index contributed by atoms with van der Waals surface area (Å²) in [4.78, 5) is 10.5. The van der Waals surface area contributed by atoms with Crippen LogP contribution in [0.5, 0.6) is 0 Å². The molecule has 1 aliphatic carbocycles. The van der Waals surface area contributed by atoms with E-state index in [1.165, 1.54) is 19.2 Å². The smallest absolute Gasteiger partial charge is 0.159 e. The second kappa shape index (κ2) is 6.31. The van der Waals surface area contributed by atoms with E-state index in [-0.39, 0.29) is 6.61 Å². The molecule has 0 spiro atoms. The van der Waals surface area contributed by atoms with E-state index >= 15 is 0 Å². The van der Waals surface area contributed by atoms with Crippen LogP contribution in [0.15, 0.2) is 10.8 Å². The van der Waals surface area contributed by atoms with Crippen molar-refractivity contribution in [1.82, 2.24) is 9.97 Å². The molecule has 1 heterocycles. The molecule has 1 fully saturated rings. The number of aliphatic hydroxyl groups excluding tert-OH is 1. The van der Waals surface area contributed by atoms with Crippen LogP contribution in [0.25, 0.3) is 0 Å². The Labute approximate surface area is 115 Å². The average molecular weight is 316 g/mol. The van der Waals surface area contributed by atoms with Gasteiger partial charge >= 0.3 is 0 Å².